The van der Waals surface area contributed by atoms with Gasteiger partial charge in [-0.25, -0.2) is 8.42 Å². The number of aryl methyl sites for hydroxylation is 1. The van der Waals surface area contributed by atoms with Crippen LogP contribution in [0.2, 0.25) is 0 Å². The normalized spacial score (nSPS) is 15.9. The molecule has 0 atom stereocenters. The number of nitrogens with zero attached hydrogens (tertiary/aromatic N) is 1. The molecule has 1 amide bonds. The summed E-state index contributed by atoms with van der Waals surface area (Å²) in [5.74, 6) is -0.0333. The fourth-order valence-electron chi connectivity index (χ4n) is 3.76. The fraction of sp³-hybridized carbons (Fsp3) is 0.435. The second kappa shape index (κ2) is 9.09. The number of para-hydroxylation sites is 1. The molecule has 1 aliphatic heterocycles. The summed E-state index contributed by atoms with van der Waals surface area (Å²) in [6.45, 7) is 7.21. The predicted octanol–water partition coefficient (Wildman–Crippen LogP) is 4.94. The number of anilines is 1. The highest BCUT2D eigenvalue weighted by molar-refractivity contribution is 7.89. The van der Waals surface area contributed by atoms with Crippen molar-refractivity contribution in [3.63, 3.8) is 0 Å². The van der Waals surface area contributed by atoms with Crippen molar-refractivity contribution in [2.24, 2.45) is 0 Å². The van der Waals surface area contributed by atoms with Gasteiger partial charge in [0, 0.05) is 24.3 Å². The molecule has 2 aromatic carbocycles. The first-order valence-electron chi connectivity index (χ1n) is 10.3. The van der Waals surface area contributed by atoms with Gasteiger partial charge in [0.1, 0.15) is 0 Å². The average molecular weight is 415 g/mol. The van der Waals surface area contributed by atoms with Crippen molar-refractivity contribution in [1.82, 2.24) is 4.31 Å². The summed E-state index contributed by atoms with van der Waals surface area (Å²) in [5.41, 5.74) is 3.19. The molecule has 0 radical (unpaired) electrons. The first kappa shape index (κ1) is 21.5. The van der Waals surface area contributed by atoms with Crippen LogP contribution in [0.25, 0.3) is 0 Å². The molecule has 29 heavy (non-hydrogen) atoms. The highest BCUT2D eigenvalue weighted by Gasteiger charge is 2.26. The van der Waals surface area contributed by atoms with E-state index in [1.54, 1.807) is 22.5 Å². The van der Waals surface area contributed by atoms with E-state index in [4.69, 9.17) is 0 Å². The van der Waals surface area contributed by atoms with Crippen molar-refractivity contribution >= 4 is 21.6 Å². The van der Waals surface area contributed by atoms with Crippen LogP contribution in [-0.4, -0.2) is 31.7 Å². The fourth-order valence-corrected chi connectivity index (χ4v) is 5.32. The predicted molar refractivity (Wildman–Crippen MR) is 117 cm³/mol. The molecule has 0 aromatic heterocycles. The Bertz CT molecular complexity index is 975. The van der Waals surface area contributed by atoms with Gasteiger partial charge in [-0.05, 0) is 55.0 Å². The number of hydrogen-bond acceptors (Lipinski definition) is 3. The van der Waals surface area contributed by atoms with Gasteiger partial charge < -0.3 is 5.32 Å². The number of rotatable bonds is 5. The lowest BCUT2D eigenvalue weighted by molar-refractivity contribution is 0.102. The molecule has 156 valence electrons. The number of amides is 1. The maximum Gasteiger partial charge on any atom is 0.255 e. The summed E-state index contributed by atoms with van der Waals surface area (Å²) >= 11 is 0. The lowest BCUT2D eigenvalue weighted by atomic mass is 9.98. The molecule has 1 fully saturated rings. The third-order valence-corrected chi connectivity index (χ3v) is 7.36. The van der Waals surface area contributed by atoms with Gasteiger partial charge in [0.2, 0.25) is 10.0 Å². The molecule has 0 aliphatic carbocycles. The Morgan fingerprint density at radius 3 is 2.31 bits per heavy atom. The largest absolute Gasteiger partial charge is 0.321 e. The van der Waals surface area contributed by atoms with E-state index in [-0.39, 0.29) is 16.7 Å². The van der Waals surface area contributed by atoms with Crippen molar-refractivity contribution in [3.8, 4) is 0 Å². The average Bonchev–Trinajstić information content (AvgIpc) is 2.99. The molecular formula is C23H30N2O3S. The number of hydrogen-bond donors (Lipinski definition) is 1. The Morgan fingerprint density at radius 2 is 1.66 bits per heavy atom. The van der Waals surface area contributed by atoms with Gasteiger partial charge in [0.25, 0.3) is 5.91 Å². The van der Waals surface area contributed by atoms with Gasteiger partial charge in [0.05, 0.1) is 4.90 Å². The smallest absolute Gasteiger partial charge is 0.255 e. The van der Waals surface area contributed by atoms with E-state index in [1.165, 1.54) is 6.07 Å². The van der Waals surface area contributed by atoms with Crippen molar-refractivity contribution in [2.45, 2.75) is 57.3 Å². The number of benzene rings is 2. The molecule has 0 bridgehead atoms. The van der Waals surface area contributed by atoms with E-state index in [0.29, 0.717) is 18.7 Å². The maximum atomic E-state index is 13.1. The standard InChI is InChI=1S/C23H30N2O3S/c1-17(2)21-13-8-10-18(3)22(21)24-23(26)19-11-9-12-20(16-19)29(27,28)25-14-6-4-5-7-15-25/h8-13,16-17H,4-7,14-15H2,1-3H3,(H,24,26). The van der Waals surface area contributed by atoms with E-state index in [9.17, 15) is 13.2 Å². The van der Waals surface area contributed by atoms with Gasteiger partial charge in [-0.3, -0.25) is 4.79 Å². The number of carbonyl (C=O) groups is 1. The van der Waals surface area contributed by atoms with E-state index >= 15 is 0 Å². The zero-order valence-electron chi connectivity index (χ0n) is 17.4. The van der Waals surface area contributed by atoms with Crippen molar-refractivity contribution < 1.29 is 13.2 Å². The molecule has 1 N–H and O–H groups in total. The van der Waals surface area contributed by atoms with Crippen LogP contribution in [0.4, 0.5) is 5.69 Å². The third-order valence-electron chi connectivity index (χ3n) is 5.46. The topological polar surface area (TPSA) is 66.5 Å². The molecule has 1 saturated heterocycles. The summed E-state index contributed by atoms with van der Waals surface area (Å²) in [4.78, 5) is 13.1. The van der Waals surface area contributed by atoms with E-state index in [0.717, 1.165) is 42.5 Å². The van der Waals surface area contributed by atoms with Crippen LogP contribution in [-0.2, 0) is 10.0 Å². The molecule has 6 heteroatoms. The number of nitrogens with one attached hydrogen (secondary N) is 1. The molecule has 1 heterocycles. The SMILES string of the molecule is Cc1cccc(C(C)C)c1NC(=O)c1cccc(S(=O)(=O)N2CCCCCC2)c1. The van der Waals surface area contributed by atoms with Gasteiger partial charge in [0.15, 0.2) is 0 Å². The van der Waals surface area contributed by atoms with E-state index in [2.05, 4.69) is 19.2 Å². The van der Waals surface area contributed by atoms with E-state index < -0.39 is 10.0 Å². The van der Waals surface area contributed by atoms with Gasteiger partial charge in [-0.15, -0.1) is 0 Å². The first-order valence-corrected chi connectivity index (χ1v) is 11.8. The van der Waals surface area contributed by atoms with Crippen molar-refractivity contribution in [2.75, 3.05) is 18.4 Å². The van der Waals surface area contributed by atoms with Crippen LogP contribution in [0.15, 0.2) is 47.4 Å². The molecule has 0 saturated carbocycles. The summed E-state index contributed by atoms with van der Waals surface area (Å²) < 4.78 is 27.7. The molecule has 0 spiro atoms. The minimum Gasteiger partial charge on any atom is -0.321 e. The third kappa shape index (κ3) is 4.87. The minimum atomic E-state index is -3.59. The highest BCUT2D eigenvalue weighted by atomic mass is 32.2. The Labute approximate surface area is 174 Å². The van der Waals surface area contributed by atoms with Crippen molar-refractivity contribution in [3.05, 3.63) is 59.2 Å². The zero-order chi connectivity index (χ0) is 21.0. The molecule has 1 aliphatic rings. The second-order valence-corrected chi connectivity index (χ2v) is 9.93. The summed E-state index contributed by atoms with van der Waals surface area (Å²) in [7, 11) is -3.59. The van der Waals surface area contributed by atoms with Crippen LogP contribution < -0.4 is 5.32 Å². The number of sulfonamides is 1. The van der Waals surface area contributed by atoms with Crippen molar-refractivity contribution in [1.29, 1.82) is 0 Å². The van der Waals surface area contributed by atoms with Crippen LogP contribution in [0.3, 0.4) is 0 Å². The summed E-state index contributed by atoms with van der Waals surface area (Å²) in [6.07, 6.45) is 3.88. The van der Waals surface area contributed by atoms with Crippen LogP contribution in [0, 0.1) is 6.92 Å². The molecule has 0 unspecified atom stereocenters. The number of carbonyl (C=O) groups excluding carboxylic acids is 1. The Balaban J connectivity index is 1.87. The summed E-state index contributed by atoms with van der Waals surface area (Å²) in [6, 6.07) is 12.3. The highest BCUT2D eigenvalue weighted by Crippen LogP contribution is 2.28. The van der Waals surface area contributed by atoms with Gasteiger partial charge in [-0.1, -0.05) is 51.0 Å². The lowest BCUT2D eigenvalue weighted by Gasteiger charge is -2.20. The van der Waals surface area contributed by atoms with Gasteiger partial charge in [-0.2, -0.15) is 4.31 Å². The maximum absolute atomic E-state index is 13.1. The molecule has 3 rings (SSSR count). The van der Waals surface area contributed by atoms with Crippen LogP contribution in [0.5, 0.6) is 0 Å². The lowest BCUT2D eigenvalue weighted by Crippen LogP contribution is -2.32. The minimum absolute atomic E-state index is 0.181. The zero-order valence-corrected chi connectivity index (χ0v) is 18.3. The Kier molecular flexibility index (Phi) is 6.75. The summed E-state index contributed by atoms with van der Waals surface area (Å²) in [5, 5.41) is 3.00. The molecular weight excluding hydrogens is 384 g/mol. The first-order chi connectivity index (χ1) is 13.8. The Morgan fingerprint density at radius 1 is 1.00 bits per heavy atom. The Hall–Kier alpha value is -2.18. The van der Waals surface area contributed by atoms with Crippen LogP contribution >= 0.6 is 0 Å². The second-order valence-electron chi connectivity index (χ2n) is 7.99. The van der Waals surface area contributed by atoms with Crippen LogP contribution in [0.1, 0.15) is 66.9 Å². The molecule has 5 nitrogen and oxygen atoms in total. The monoisotopic (exact) mass is 414 g/mol. The quantitative estimate of drug-likeness (QED) is 0.754. The molecule has 2 aromatic rings. The van der Waals surface area contributed by atoms with Gasteiger partial charge >= 0.3 is 0 Å². The van der Waals surface area contributed by atoms with E-state index in [1.807, 2.05) is 25.1 Å².